The molecule has 2 nitrogen and oxygen atoms in total. The Hall–Kier alpha value is -1.05. The summed E-state index contributed by atoms with van der Waals surface area (Å²) in [7, 11) is 0. The van der Waals surface area contributed by atoms with Gasteiger partial charge in [-0.2, -0.15) is 0 Å². The van der Waals surface area contributed by atoms with Gasteiger partial charge in [-0.15, -0.1) is 0 Å². The van der Waals surface area contributed by atoms with Crippen LogP contribution in [0.5, 0.6) is 0 Å². The molecule has 1 aliphatic carbocycles. The number of aromatic nitrogens is 1. The van der Waals surface area contributed by atoms with Crippen molar-refractivity contribution in [2.24, 2.45) is 11.8 Å². The number of pyridine rings is 1. The minimum absolute atomic E-state index is 0.639. The molecule has 0 saturated heterocycles. The largest absolute Gasteiger partial charge is 0.381 e. The number of nitrogens with zero attached hydrogens (tertiary/aromatic N) is 1. The standard InChI is InChI=1S/C15H24N2/c1-11(2)13-5-4-6-14(9-13)17-15-8-7-12(3)16-10-15/h7-8,10-11,13-14,17H,4-6,9H2,1-3H3. The van der Waals surface area contributed by atoms with Crippen molar-refractivity contribution in [1.82, 2.24) is 4.98 Å². The number of nitrogens with one attached hydrogen (secondary N) is 1. The third-order valence-corrected chi connectivity index (χ3v) is 3.94. The zero-order chi connectivity index (χ0) is 12.3. The average Bonchev–Trinajstić information content (AvgIpc) is 2.32. The molecule has 0 bridgehead atoms. The Kier molecular flexibility index (Phi) is 4.03. The van der Waals surface area contributed by atoms with E-state index in [-0.39, 0.29) is 0 Å². The van der Waals surface area contributed by atoms with E-state index >= 15 is 0 Å². The summed E-state index contributed by atoms with van der Waals surface area (Å²) in [6.07, 6.45) is 7.33. The molecule has 1 heterocycles. The summed E-state index contributed by atoms with van der Waals surface area (Å²) in [4.78, 5) is 4.34. The molecule has 2 rings (SSSR count). The van der Waals surface area contributed by atoms with E-state index in [9.17, 15) is 0 Å². The molecular weight excluding hydrogens is 208 g/mol. The summed E-state index contributed by atoms with van der Waals surface area (Å²) in [6.45, 7) is 6.72. The molecule has 1 fully saturated rings. The fourth-order valence-electron chi connectivity index (χ4n) is 2.75. The van der Waals surface area contributed by atoms with E-state index in [1.807, 2.05) is 13.1 Å². The van der Waals surface area contributed by atoms with Gasteiger partial charge in [0.25, 0.3) is 0 Å². The number of aryl methyl sites for hydroxylation is 1. The Morgan fingerprint density at radius 1 is 1.29 bits per heavy atom. The number of hydrogen-bond acceptors (Lipinski definition) is 2. The lowest BCUT2D eigenvalue weighted by Gasteiger charge is -2.32. The summed E-state index contributed by atoms with van der Waals surface area (Å²) in [5.74, 6) is 1.70. The molecule has 0 spiro atoms. The quantitative estimate of drug-likeness (QED) is 0.851. The molecule has 1 N–H and O–H groups in total. The van der Waals surface area contributed by atoms with Crippen LogP contribution in [0, 0.1) is 18.8 Å². The zero-order valence-corrected chi connectivity index (χ0v) is 11.2. The molecule has 94 valence electrons. The SMILES string of the molecule is Cc1ccc(NC2CCCC(C(C)C)C2)cn1. The maximum atomic E-state index is 4.34. The molecule has 0 aromatic carbocycles. The van der Waals surface area contributed by atoms with E-state index in [0.29, 0.717) is 6.04 Å². The van der Waals surface area contributed by atoms with Crippen LogP contribution in [-0.4, -0.2) is 11.0 Å². The van der Waals surface area contributed by atoms with Crippen molar-refractivity contribution in [3.05, 3.63) is 24.0 Å². The average molecular weight is 232 g/mol. The molecule has 0 amide bonds. The van der Waals surface area contributed by atoms with Gasteiger partial charge in [-0.3, -0.25) is 4.98 Å². The molecule has 0 aliphatic heterocycles. The second-order valence-corrected chi connectivity index (χ2v) is 5.70. The maximum absolute atomic E-state index is 4.34. The highest BCUT2D eigenvalue weighted by molar-refractivity contribution is 5.41. The van der Waals surface area contributed by atoms with Gasteiger partial charge in [-0.1, -0.05) is 26.7 Å². The second kappa shape index (κ2) is 5.52. The van der Waals surface area contributed by atoms with Crippen molar-refractivity contribution in [3.63, 3.8) is 0 Å². The molecule has 1 saturated carbocycles. The van der Waals surface area contributed by atoms with Gasteiger partial charge in [0, 0.05) is 11.7 Å². The van der Waals surface area contributed by atoms with E-state index in [0.717, 1.165) is 17.5 Å². The van der Waals surface area contributed by atoms with Crippen LogP contribution in [-0.2, 0) is 0 Å². The predicted molar refractivity (Wildman–Crippen MR) is 73.2 cm³/mol. The van der Waals surface area contributed by atoms with Crippen molar-refractivity contribution < 1.29 is 0 Å². The van der Waals surface area contributed by atoms with Crippen LogP contribution in [0.1, 0.15) is 45.2 Å². The Morgan fingerprint density at radius 3 is 2.76 bits per heavy atom. The molecule has 0 radical (unpaired) electrons. The topological polar surface area (TPSA) is 24.9 Å². The first kappa shape index (κ1) is 12.4. The third-order valence-electron chi connectivity index (χ3n) is 3.94. The van der Waals surface area contributed by atoms with Gasteiger partial charge in [-0.25, -0.2) is 0 Å². The first-order valence-electron chi connectivity index (χ1n) is 6.84. The third kappa shape index (κ3) is 3.45. The Balaban J connectivity index is 1.92. The first-order valence-corrected chi connectivity index (χ1v) is 6.84. The van der Waals surface area contributed by atoms with Crippen LogP contribution in [0.25, 0.3) is 0 Å². The van der Waals surface area contributed by atoms with Gasteiger partial charge in [0.2, 0.25) is 0 Å². The molecule has 2 atom stereocenters. The van der Waals surface area contributed by atoms with E-state index < -0.39 is 0 Å². The van der Waals surface area contributed by atoms with E-state index in [1.54, 1.807) is 0 Å². The van der Waals surface area contributed by atoms with Crippen LogP contribution in [0.2, 0.25) is 0 Å². The Labute approximate surface area is 105 Å². The molecule has 1 aromatic rings. The van der Waals surface area contributed by atoms with E-state index in [2.05, 4.69) is 36.3 Å². The van der Waals surface area contributed by atoms with Gasteiger partial charge in [0.1, 0.15) is 0 Å². The lowest BCUT2D eigenvalue weighted by atomic mass is 9.79. The lowest BCUT2D eigenvalue weighted by Crippen LogP contribution is -2.29. The van der Waals surface area contributed by atoms with E-state index in [4.69, 9.17) is 0 Å². The highest BCUT2D eigenvalue weighted by Gasteiger charge is 2.23. The Morgan fingerprint density at radius 2 is 2.12 bits per heavy atom. The number of hydrogen-bond donors (Lipinski definition) is 1. The summed E-state index contributed by atoms with van der Waals surface area (Å²) in [6, 6.07) is 4.85. The fourth-order valence-corrected chi connectivity index (χ4v) is 2.75. The van der Waals surface area contributed by atoms with Crippen molar-refractivity contribution in [3.8, 4) is 0 Å². The second-order valence-electron chi connectivity index (χ2n) is 5.70. The summed E-state index contributed by atoms with van der Waals surface area (Å²) in [5, 5.41) is 3.63. The zero-order valence-electron chi connectivity index (χ0n) is 11.2. The van der Waals surface area contributed by atoms with Gasteiger partial charge >= 0.3 is 0 Å². The van der Waals surface area contributed by atoms with Gasteiger partial charge in [0.05, 0.1) is 11.9 Å². The van der Waals surface area contributed by atoms with Gasteiger partial charge < -0.3 is 5.32 Å². The lowest BCUT2D eigenvalue weighted by molar-refractivity contribution is 0.264. The summed E-state index contributed by atoms with van der Waals surface area (Å²) < 4.78 is 0. The summed E-state index contributed by atoms with van der Waals surface area (Å²) >= 11 is 0. The highest BCUT2D eigenvalue weighted by Crippen LogP contribution is 2.31. The number of anilines is 1. The fraction of sp³-hybridized carbons (Fsp3) is 0.667. The molecular formula is C15H24N2. The molecule has 17 heavy (non-hydrogen) atoms. The highest BCUT2D eigenvalue weighted by atomic mass is 14.9. The molecule has 2 unspecified atom stereocenters. The van der Waals surface area contributed by atoms with Crippen LogP contribution in [0.4, 0.5) is 5.69 Å². The van der Waals surface area contributed by atoms with Gasteiger partial charge in [-0.05, 0) is 43.7 Å². The first-order chi connectivity index (χ1) is 8.15. The molecule has 2 heteroatoms. The molecule has 1 aliphatic rings. The molecule has 1 aromatic heterocycles. The van der Waals surface area contributed by atoms with Crippen molar-refractivity contribution >= 4 is 5.69 Å². The van der Waals surface area contributed by atoms with Crippen molar-refractivity contribution in [2.75, 3.05) is 5.32 Å². The van der Waals surface area contributed by atoms with Crippen LogP contribution >= 0.6 is 0 Å². The predicted octanol–water partition coefficient (Wildman–Crippen LogP) is 4.02. The van der Waals surface area contributed by atoms with Crippen LogP contribution < -0.4 is 5.32 Å². The van der Waals surface area contributed by atoms with Crippen LogP contribution in [0.3, 0.4) is 0 Å². The van der Waals surface area contributed by atoms with Crippen molar-refractivity contribution in [1.29, 1.82) is 0 Å². The van der Waals surface area contributed by atoms with Crippen molar-refractivity contribution in [2.45, 2.75) is 52.5 Å². The van der Waals surface area contributed by atoms with Gasteiger partial charge in [0.15, 0.2) is 0 Å². The normalized spacial score (nSPS) is 24.9. The smallest absolute Gasteiger partial charge is 0.0529 e. The van der Waals surface area contributed by atoms with E-state index in [1.165, 1.54) is 31.4 Å². The summed E-state index contributed by atoms with van der Waals surface area (Å²) in [5.41, 5.74) is 2.25. The minimum Gasteiger partial charge on any atom is -0.381 e. The minimum atomic E-state index is 0.639. The maximum Gasteiger partial charge on any atom is 0.0529 e. The van der Waals surface area contributed by atoms with Crippen LogP contribution in [0.15, 0.2) is 18.3 Å². The number of rotatable bonds is 3. The Bertz CT molecular complexity index is 342. The monoisotopic (exact) mass is 232 g/mol.